The summed E-state index contributed by atoms with van der Waals surface area (Å²) in [6, 6.07) is -0.171. The third-order valence-corrected chi connectivity index (χ3v) is 3.09. The molecule has 15 heavy (non-hydrogen) atoms. The van der Waals surface area contributed by atoms with E-state index in [0.717, 1.165) is 45.7 Å². The summed E-state index contributed by atoms with van der Waals surface area (Å²) in [5.41, 5.74) is 5.51. The van der Waals surface area contributed by atoms with Gasteiger partial charge in [-0.3, -0.25) is 0 Å². The SMILES string of the molecule is CN(C)CCC[N+]1(C(N)=O)CCNCC1. The summed E-state index contributed by atoms with van der Waals surface area (Å²) in [6.45, 7) is 5.34. The number of piperazine rings is 1. The largest absolute Gasteiger partial charge is 0.414 e. The van der Waals surface area contributed by atoms with Gasteiger partial charge in [0.05, 0.1) is 19.6 Å². The van der Waals surface area contributed by atoms with E-state index in [1.807, 2.05) is 14.1 Å². The Balaban J connectivity index is 2.46. The third kappa shape index (κ3) is 3.44. The highest BCUT2D eigenvalue weighted by Gasteiger charge is 2.35. The first kappa shape index (κ1) is 12.4. The van der Waals surface area contributed by atoms with Crippen LogP contribution in [0.15, 0.2) is 0 Å². The van der Waals surface area contributed by atoms with Gasteiger partial charge in [0, 0.05) is 26.1 Å². The number of nitrogens with zero attached hydrogens (tertiary/aromatic N) is 2. The molecule has 1 aliphatic heterocycles. The Bertz CT molecular complexity index is 211. The number of hydrogen-bond donors (Lipinski definition) is 2. The Morgan fingerprint density at radius 3 is 2.47 bits per heavy atom. The molecule has 0 saturated carbocycles. The molecule has 5 heteroatoms. The number of primary amides is 1. The third-order valence-electron chi connectivity index (χ3n) is 3.09. The number of quaternary nitrogens is 1. The highest BCUT2D eigenvalue weighted by Crippen LogP contribution is 2.10. The molecule has 0 spiro atoms. The topological polar surface area (TPSA) is 58.4 Å². The van der Waals surface area contributed by atoms with Crippen LogP contribution < -0.4 is 11.1 Å². The lowest BCUT2D eigenvalue weighted by Gasteiger charge is -2.37. The summed E-state index contributed by atoms with van der Waals surface area (Å²) in [4.78, 5) is 13.6. The minimum Gasteiger partial charge on any atom is -0.319 e. The molecule has 1 rings (SSSR count). The number of nitrogens with one attached hydrogen (secondary N) is 1. The number of amides is 2. The molecule has 5 nitrogen and oxygen atoms in total. The fourth-order valence-corrected chi connectivity index (χ4v) is 2.07. The Labute approximate surface area is 91.8 Å². The zero-order valence-corrected chi connectivity index (χ0v) is 9.83. The quantitative estimate of drug-likeness (QED) is 0.618. The van der Waals surface area contributed by atoms with Gasteiger partial charge < -0.3 is 16.0 Å². The van der Waals surface area contributed by atoms with E-state index in [4.69, 9.17) is 5.73 Å². The molecule has 2 amide bonds. The molecule has 0 aliphatic carbocycles. The smallest absolute Gasteiger partial charge is 0.319 e. The molecule has 1 fully saturated rings. The first-order chi connectivity index (χ1) is 7.07. The first-order valence-electron chi connectivity index (χ1n) is 5.58. The summed E-state index contributed by atoms with van der Waals surface area (Å²) in [5.74, 6) is 0. The number of carbonyl (C=O) groups excluding carboxylic acids is 1. The molecule has 0 unspecified atom stereocenters. The summed E-state index contributed by atoms with van der Waals surface area (Å²) in [5, 5.41) is 3.26. The van der Waals surface area contributed by atoms with Crippen molar-refractivity contribution in [2.75, 3.05) is 53.4 Å². The number of nitrogens with two attached hydrogens (primary N) is 1. The van der Waals surface area contributed by atoms with E-state index in [2.05, 4.69) is 10.2 Å². The Morgan fingerprint density at radius 2 is 2.00 bits per heavy atom. The number of urea groups is 1. The Morgan fingerprint density at radius 1 is 1.40 bits per heavy atom. The minimum atomic E-state index is -0.171. The van der Waals surface area contributed by atoms with Crippen LogP contribution in [0.2, 0.25) is 0 Å². The maximum Gasteiger partial charge on any atom is 0.414 e. The molecule has 1 aliphatic rings. The molecule has 1 saturated heterocycles. The van der Waals surface area contributed by atoms with E-state index in [1.165, 1.54) is 0 Å². The summed E-state index contributed by atoms with van der Waals surface area (Å²) in [7, 11) is 4.10. The van der Waals surface area contributed by atoms with Crippen LogP contribution in [0.1, 0.15) is 6.42 Å². The predicted octanol–water partition coefficient (Wildman–Crippen LogP) is -0.563. The van der Waals surface area contributed by atoms with Crippen molar-refractivity contribution in [3.8, 4) is 0 Å². The monoisotopic (exact) mass is 215 g/mol. The van der Waals surface area contributed by atoms with Crippen molar-refractivity contribution in [2.24, 2.45) is 5.73 Å². The number of carbonyl (C=O) groups is 1. The molecular weight excluding hydrogens is 192 g/mol. The lowest BCUT2D eigenvalue weighted by Crippen LogP contribution is -2.64. The van der Waals surface area contributed by atoms with E-state index in [-0.39, 0.29) is 6.03 Å². The van der Waals surface area contributed by atoms with Gasteiger partial charge in [-0.1, -0.05) is 0 Å². The van der Waals surface area contributed by atoms with Crippen LogP contribution in [-0.2, 0) is 0 Å². The zero-order chi connectivity index (χ0) is 11.3. The van der Waals surface area contributed by atoms with E-state index < -0.39 is 0 Å². The molecule has 0 atom stereocenters. The van der Waals surface area contributed by atoms with Crippen molar-refractivity contribution >= 4 is 6.03 Å². The van der Waals surface area contributed by atoms with Gasteiger partial charge in [-0.25, -0.2) is 9.28 Å². The number of hydrogen-bond acceptors (Lipinski definition) is 3. The fourth-order valence-electron chi connectivity index (χ4n) is 2.07. The second kappa shape index (κ2) is 5.44. The van der Waals surface area contributed by atoms with Gasteiger partial charge in [0.2, 0.25) is 0 Å². The predicted molar refractivity (Wildman–Crippen MR) is 60.5 cm³/mol. The molecular formula is C10H23N4O+. The van der Waals surface area contributed by atoms with E-state index in [0.29, 0.717) is 4.48 Å². The Kier molecular flexibility index (Phi) is 4.50. The average molecular weight is 215 g/mol. The average Bonchev–Trinajstić information content (AvgIpc) is 2.18. The standard InChI is InChI=1S/C10H22N4O/c1-13(2)6-3-7-14(10(11)15)8-4-12-5-9-14/h12H,3-9H2,1-2H3,(H-,11,15)/p+1. The highest BCUT2D eigenvalue weighted by molar-refractivity contribution is 5.64. The van der Waals surface area contributed by atoms with Crippen LogP contribution in [0, 0.1) is 0 Å². The molecule has 3 N–H and O–H groups in total. The lowest BCUT2D eigenvalue weighted by molar-refractivity contribution is -0.851. The van der Waals surface area contributed by atoms with E-state index in [1.54, 1.807) is 0 Å². The van der Waals surface area contributed by atoms with Gasteiger partial charge in [-0.2, -0.15) is 0 Å². The van der Waals surface area contributed by atoms with Gasteiger partial charge in [-0.15, -0.1) is 0 Å². The van der Waals surface area contributed by atoms with Crippen molar-refractivity contribution in [1.29, 1.82) is 0 Å². The van der Waals surface area contributed by atoms with Crippen LogP contribution >= 0.6 is 0 Å². The second-order valence-electron chi connectivity index (χ2n) is 4.56. The first-order valence-corrected chi connectivity index (χ1v) is 5.58. The fraction of sp³-hybridized carbons (Fsp3) is 0.900. The molecule has 0 aromatic rings. The van der Waals surface area contributed by atoms with Gasteiger partial charge >= 0.3 is 6.03 Å². The Hall–Kier alpha value is -0.650. The summed E-state index contributed by atoms with van der Waals surface area (Å²) >= 11 is 0. The van der Waals surface area contributed by atoms with Crippen molar-refractivity contribution in [1.82, 2.24) is 10.2 Å². The molecule has 0 bridgehead atoms. The van der Waals surface area contributed by atoms with E-state index >= 15 is 0 Å². The van der Waals surface area contributed by atoms with Crippen LogP contribution in [-0.4, -0.2) is 68.8 Å². The van der Waals surface area contributed by atoms with Gasteiger partial charge in [0.1, 0.15) is 0 Å². The molecule has 0 aromatic heterocycles. The zero-order valence-electron chi connectivity index (χ0n) is 9.83. The van der Waals surface area contributed by atoms with E-state index in [9.17, 15) is 4.79 Å². The van der Waals surface area contributed by atoms with Crippen LogP contribution in [0.4, 0.5) is 4.79 Å². The second-order valence-corrected chi connectivity index (χ2v) is 4.56. The molecule has 88 valence electrons. The normalized spacial score (nSPS) is 20.5. The summed E-state index contributed by atoms with van der Waals surface area (Å²) < 4.78 is 0.459. The van der Waals surface area contributed by atoms with Gasteiger partial charge in [-0.05, 0) is 14.1 Å². The molecule has 1 heterocycles. The molecule has 0 aromatic carbocycles. The lowest BCUT2D eigenvalue weighted by atomic mass is 10.2. The minimum absolute atomic E-state index is 0.171. The maximum atomic E-state index is 11.5. The van der Waals surface area contributed by atoms with Crippen LogP contribution in [0.25, 0.3) is 0 Å². The van der Waals surface area contributed by atoms with Crippen LogP contribution in [0.5, 0.6) is 0 Å². The highest BCUT2D eigenvalue weighted by atomic mass is 16.2. The van der Waals surface area contributed by atoms with Crippen molar-refractivity contribution < 1.29 is 9.28 Å². The van der Waals surface area contributed by atoms with Crippen molar-refractivity contribution in [3.05, 3.63) is 0 Å². The number of rotatable bonds is 4. The van der Waals surface area contributed by atoms with Crippen molar-refractivity contribution in [2.45, 2.75) is 6.42 Å². The van der Waals surface area contributed by atoms with Crippen molar-refractivity contribution in [3.63, 3.8) is 0 Å². The molecule has 0 radical (unpaired) electrons. The van der Waals surface area contributed by atoms with Crippen LogP contribution in [0.3, 0.4) is 0 Å². The maximum absolute atomic E-state index is 11.5. The van der Waals surface area contributed by atoms with Gasteiger partial charge in [0.15, 0.2) is 0 Å². The van der Waals surface area contributed by atoms with Gasteiger partial charge in [0.25, 0.3) is 0 Å². The summed E-state index contributed by atoms with van der Waals surface area (Å²) in [6.07, 6.45) is 1.02.